The standard InChI is InChI=1S/C15H16N2O3S/c1-15(9-20-2)13(18)17(14(19)16-15)8-11-7-10-5-3-4-6-12(10)21-11/h3-7H,8-9H2,1-2H3,(H,16,19)/t15-/m0/s1. The Morgan fingerprint density at radius 1 is 1.33 bits per heavy atom. The van der Waals surface area contributed by atoms with E-state index in [1.807, 2.05) is 30.3 Å². The molecule has 0 spiro atoms. The fourth-order valence-electron chi connectivity index (χ4n) is 2.55. The molecule has 1 atom stereocenters. The van der Waals surface area contributed by atoms with Crippen molar-refractivity contribution in [3.63, 3.8) is 0 Å². The number of thiophene rings is 1. The maximum Gasteiger partial charge on any atom is 0.325 e. The van der Waals surface area contributed by atoms with E-state index in [-0.39, 0.29) is 18.5 Å². The number of benzene rings is 1. The molecule has 21 heavy (non-hydrogen) atoms. The van der Waals surface area contributed by atoms with Crippen molar-refractivity contribution in [1.29, 1.82) is 0 Å². The smallest absolute Gasteiger partial charge is 0.325 e. The third kappa shape index (κ3) is 2.41. The largest absolute Gasteiger partial charge is 0.382 e. The van der Waals surface area contributed by atoms with Crippen LogP contribution in [0.2, 0.25) is 0 Å². The summed E-state index contributed by atoms with van der Waals surface area (Å²) >= 11 is 1.60. The number of amides is 3. The van der Waals surface area contributed by atoms with Gasteiger partial charge in [0.05, 0.1) is 13.2 Å². The topological polar surface area (TPSA) is 58.6 Å². The van der Waals surface area contributed by atoms with Crippen LogP contribution in [0.5, 0.6) is 0 Å². The highest BCUT2D eigenvalue weighted by atomic mass is 32.1. The molecule has 1 aliphatic rings. The second kappa shape index (κ2) is 5.13. The normalized spacial score (nSPS) is 22.1. The molecule has 1 N–H and O–H groups in total. The lowest BCUT2D eigenvalue weighted by atomic mass is 10.0. The zero-order valence-corrected chi connectivity index (χ0v) is 12.7. The first kappa shape index (κ1) is 14.0. The number of hydrogen-bond donors (Lipinski definition) is 1. The van der Waals surface area contributed by atoms with Crippen molar-refractivity contribution in [2.24, 2.45) is 0 Å². The van der Waals surface area contributed by atoms with Gasteiger partial charge in [0.25, 0.3) is 5.91 Å². The Morgan fingerprint density at radius 2 is 2.10 bits per heavy atom. The van der Waals surface area contributed by atoms with Crippen LogP contribution in [0.25, 0.3) is 10.1 Å². The Balaban J connectivity index is 1.84. The highest BCUT2D eigenvalue weighted by molar-refractivity contribution is 7.19. The first-order chi connectivity index (χ1) is 10.0. The fourth-order valence-corrected chi connectivity index (χ4v) is 3.60. The molecule has 3 amide bonds. The van der Waals surface area contributed by atoms with E-state index in [1.54, 1.807) is 18.3 Å². The van der Waals surface area contributed by atoms with Crippen LogP contribution in [0.4, 0.5) is 4.79 Å². The summed E-state index contributed by atoms with van der Waals surface area (Å²) in [7, 11) is 1.51. The molecular formula is C15H16N2O3S. The van der Waals surface area contributed by atoms with Crippen LogP contribution in [0.15, 0.2) is 30.3 Å². The van der Waals surface area contributed by atoms with E-state index in [4.69, 9.17) is 4.74 Å². The van der Waals surface area contributed by atoms with Crippen molar-refractivity contribution in [3.8, 4) is 0 Å². The van der Waals surface area contributed by atoms with Crippen LogP contribution >= 0.6 is 11.3 Å². The molecule has 0 saturated carbocycles. The monoisotopic (exact) mass is 304 g/mol. The predicted molar refractivity (Wildman–Crippen MR) is 81.2 cm³/mol. The first-order valence-corrected chi connectivity index (χ1v) is 7.46. The summed E-state index contributed by atoms with van der Waals surface area (Å²) in [5, 5.41) is 3.83. The van der Waals surface area contributed by atoms with Gasteiger partial charge in [0.1, 0.15) is 5.54 Å². The van der Waals surface area contributed by atoms with Gasteiger partial charge in [0.15, 0.2) is 0 Å². The molecule has 1 aromatic heterocycles. The van der Waals surface area contributed by atoms with E-state index in [9.17, 15) is 9.59 Å². The van der Waals surface area contributed by atoms with Gasteiger partial charge in [-0.3, -0.25) is 9.69 Å². The molecule has 0 unspecified atom stereocenters. The number of nitrogens with zero attached hydrogens (tertiary/aromatic N) is 1. The molecule has 1 aliphatic heterocycles. The molecule has 0 bridgehead atoms. The van der Waals surface area contributed by atoms with Gasteiger partial charge in [-0.25, -0.2) is 4.79 Å². The van der Waals surface area contributed by atoms with Gasteiger partial charge in [0.2, 0.25) is 0 Å². The van der Waals surface area contributed by atoms with Crippen LogP contribution in [-0.4, -0.2) is 36.1 Å². The number of fused-ring (bicyclic) bond motifs is 1. The van der Waals surface area contributed by atoms with Gasteiger partial charge in [-0.15, -0.1) is 11.3 Å². The van der Waals surface area contributed by atoms with E-state index in [0.29, 0.717) is 6.54 Å². The summed E-state index contributed by atoms with van der Waals surface area (Å²) < 4.78 is 6.19. The van der Waals surface area contributed by atoms with E-state index in [1.165, 1.54) is 12.0 Å². The number of imide groups is 1. The Morgan fingerprint density at radius 3 is 2.81 bits per heavy atom. The van der Waals surface area contributed by atoms with Crippen molar-refractivity contribution in [3.05, 3.63) is 35.2 Å². The number of urea groups is 1. The number of nitrogens with one attached hydrogen (secondary N) is 1. The summed E-state index contributed by atoms with van der Waals surface area (Å²) in [6.07, 6.45) is 0. The molecule has 2 aromatic rings. The van der Waals surface area contributed by atoms with Crippen LogP contribution in [0.3, 0.4) is 0 Å². The van der Waals surface area contributed by atoms with Crippen LogP contribution < -0.4 is 5.32 Å². The minimum Gasteiger partial charge on any atom is -0.382 e. The highest BCUT2D eigenvalue weighted by Crippen LogP contribution is 2.28. The third-order valence-electron chi connectivity index (χ3n) is 3.57. The van der Waals surface area contributed by atoms with Gasteiger partial charge in [-0.2, -0.15) is 0 Å². The molecular weight excluding hydrogens is 288 g/mol. The SMILES string of the molecule is COC[C@]1(C)NC(=O)N(Cc2cc3ccccc3s2)C1=O. The molecule has 1 fully saturated rings. The quantitative estimate of drug-likeness (QED) is 0.882. The first-order valence-electron chi connectivity index (χ1n) is 6.64. The van der Waals surface area contributed by atoms with E-state index < -0.39 is 5.54 Å². The molecule has 0 radical (unpaired) electrons. The summed E-state index contributed by atoms with van der Waals surface area (Å²) in [4.78, 5) is 26.7. The van der Waals surface area contributed by atoms with Crippen LogP contribution in [-0.2, 0) is 16.1 Å². The number of hydrogen-bond acceptors (Lipinski definition) is 4. The van der Waals surface area contributed by atoms with Crippen LogP contribution in [0, 0.1) is 0 Å². The maximum atomic E-state index is 12.4. The molecule has 2 heterocycles. The molecule has 1 aromatic carbocycles. The van der Waals surface area contributed by atoms with E-state index in [0.717, 1.165) is 15.0 Å². The van der Waals surface area contributed by atoms with Crippen molar-refractivity contribution in [2.45, 2.75) is 19.0 Å². The number of carbonyl (C=O) groups is 2. The van der Waals surface area contributed by atoms with Crippen molar-refractivity contribution in [2.75, 3.05) is 13.7 Å². The van der Waals surface area contributed by atoms with Gasteiger partial charge in [-0.1, -0.05) is 18.2 Å². The second-order valence-corrected chi connectivity index (χ2v) is 6.51. The van der Waals surface area contributed by atoms with Gasteiger partial charge in [0, 0.05) is 16.7 Å². The average Bonchev–Trinajstić information content (AvgIpc) is 2.94. The summed E-state index contributed by atoms with van der Waals surface area (Å²) in [6.45, 7) is 2.14. The zero-order valence-electron chi connectivity index (χ0n) is 11.9. The Bertz CT molecular complexity index is 679. The Hall–Kier alpha value is -1.92. The lowest BCUT2D eigenvalue weighted by molar-refractivity contribution is -0.132. The fraction of sp³-hybridized carbons (Fsp3) is 0.333. The maximum absolute atomic E-state index is 12.4. The summed E-state index contributed by atoms with van der Waals surface area (Å²) in [5.74, 6) is -0.244. The van der Waals surface area contributed by atoms with Crippen LogP contribution in [0.1, 0.15) is 11.8 Å². The second-order valence-electron chi connectivity index (χ2n) is 5.34. The predicted octanol–water partition coefficient (Wildman–Crippen LogP) is 2.36. The van der Waals surface area contributed by atoms with Crippen molar-refractivity contribution in [1.82, 2.24) is 10.2 Å². The van der Waals surface area contributed by atoms with Gasteiger partial charge < -0.3 is 10.1 Å². The summed E-state index contributed by atoms with van der Waals surface area (Å²) in [5.41, 5.74) is -0.970. The van der Waals surface area contributed by atoms with E-state index in [2.05, 4.69) is 5.32 Å². The lowest BCUT2D eigenvalue weighted by Crippen LogP contribution is -2.47. The van der Waals surface area contributed by atoms with Crippen molar-refractivity contribution < 1.29 is 14.3 Å². The highest BCUT2D eigenvalue weighted by Gasteiger charge is 2.47. The minimum atomic E-state index is -0.970. The molecule has 1 saturated heterocycles. The molecule has 6 heteroatoms. The van der Waals surface area contributed by atoms with Crippen molar-refractivity contribution >= 4 is 33.4 Å². The number of carbonyl (C=O) groups excluding carboxylic acids is 2. The third-order valence-corrected chi connectivity index (χ3v) is 4.67. The molecule has 110 valence electrons. The number of rotatable bonds is 4. The Labute approximate surface area is 126 Å². The molecule has 5 nitrogen and oxygen atoms in total. The lowest BCUT2D eigenvalue weighted by Gasteiger charge is -2.20. The molecule has 3 rings (SSSR count). The van der Waals surface area contributed by atoms with Gasteiger partial charge in [-0.05, 0) is 24.4 Å². The zero-order chi connectivity index (χ0) is 15.0. The average molecular weight is 304 g/mol. The minimum absolute atomic E-state index is 0.167. The summed E-state index contributed by atoms with van der Waals surface area (Å²) in [6, 6.07) is 9.67. The molecule has 0 aliphatic carbocycles. The number of ether oxygens (including phenoxy) is 1. The number of methoxy groups -OCH3 is 1. The van der Waals surface area contributed by atoms with Gasteiger partial charge >= 0.3 is 6.03 Å². The Kier molecular flexibility index (Phi) is 3.43. The van der Waals surface area contributed by atoms with E-state index >= 15 is 0 Å².